The highest BCUT2D eigenvalue weighted by Gasteiger charge is 2.08. The van der Waals surface area contributed by atoms with E-state index in [0.29, 0.717) is 17.8 Å². The maximum absolute atomic E-state index is 11.7. The highest BCUT2D eigenvalue weighted by atomic mass is 16.1. The molecule has 0 saturated carbocycles. The van der Waals surface area contributed by atoms with Gasteiger partial charge in [0.25, 0.3) is 5.56 Å². The smallest absolute Gasteiger partial charge is 0.257 e. The van der Waals surface area contributed by atoms with Gasteiger partial charge in [-0.05, 0) is 25.5 Å². The van der Waals surface area contributed by atoms with Crippen molar-refractivity contribution >= 4 is 17.5 Å². The largest absolute Gasteiger partial charge is 0.369 e. The van der Waals surface area contributed by atoms with Crippen molar-refractivity contribution in [2.24, 2.45) is 0 Å². The molecule has 1 aromatic heterocycles. The molecule has 0 spiro atoms. The lowest BCUT2D eigenvalue weighted by molar-refractivity contribution is 1.02. The van der Waals surface area contributed by atoms with Crippen molar-refractivity contribution in [1.29, 1.82) is 0 Å². The minimum Gasteiger partial charge on any atom is -0.369 e. The number of aryl methyl sites for hydroxylation is 1. The second-order valence-corrected chi connectivity index (χ2v) is 4.12. The minimum atomic E-state index is -0.195. The van der Waals surface area contributed by atoms with E-state index < -0.39 is 0 Å². The average Bonchev–Trinajstić information content (AvgIpc) is 2.32. The number of aromatic nitrogens is 2. The fourth-order valence-corrected chi connectivity index (χ4v) is 1.72. The molecule has 0 aliphatic carbocycles. The first-order chi connectivity index (χ1) is 8.60. The number of H-pyrrole nitrogens is 1. The zero-order valence-corrected chi connectivity index (χ0v) is 10.4. The Kier molecular flexibility index (Phi) is 3.32. The molecule has 2 aromatic rings. The van der Waals surface area contributed by atoms with E-state index in [0.717, 1.165) is 5.69 Å². The third-order valence-corrected chi connectivity index (χ3v) is 2.70. The molecule has 0 aliphatic heterocycles. The van der Waals surface area contributed by atoms with Crippen LogP contribution in [0.25, 0.3) is 0 Å². The van der Waals surface area contributed by atoms with Gasteiger partial charge in [-0.25, -0.2) is 0 Å². The summed E-state index contributed by atoms with van der Waals surface area (Å²) in [6.07, 6.45) is 0.594. The summed E-state index contributed by atoms with van der Waals surface area (Å²) in [5.74, 6) is 0.634. The molecule has 5 nitrogen and oxygen atoms in total. The Balaban J connectivity index is 2.39. The molecule has 2 rings (SSSR count). The van der Waals surface area contributed by atoms with Crippen LogP contribution < -0.4 is 16.6 Å². The van der Waals surface area contributed by atoms with Crippen LogP contribution in [-0.4, -0.2) is 9.97 Å². The Bertz CT molecular complexity index is 601. The van der Waals surface area contributed by atoms with Crippen LogP contribution in [0.4, 0.5) is 17.5 Å². The molecule has 0 bridgehead atoms. The van der Waals surface area contributed by atoms with Gasteiger partial charge in [0, 0.05) is 5.69 Å². The number of nitrogen functional groups attached to an aromatic ring is 1. The Morgan fingerprint density at radius 2 is 2.00 bits per heavy atom. The van der Waals surface area contributed by atoms with E-state index in [1.807, 2.05) is 38.1 Å². The molecule has 0 amide bonds. The van der Waals surface area contributed by atoms with Crippen molar-refractivity contribution in [1.82, 2.24) is 9.97 Å². The summed E-state index contributed by atoms with van der Waals surface area (Å²) in [5.41, 5.74) is 8.02. The number of nitrogens with zero attached hydrogens (tertiary/aromatic N) is 1. The molecule has 0 unspecified atom stereocenters. The summed E-state index contributed by atoms with van der Waals surface area (Å²) >= 11 is 0. The zero-order valence-electron chi connectivity index (χ0n) is 10.4. The van der Waals surface area contributed by atoms with Gasteiger partial charge in [-0.2, -0.15) is 4.98 Å². The fraction of sp³-hybridized carbons (Fsp3) is 0.231. The van der Waals surface area contributed by atoms with Gasteiger partial charge < -0.3 is 11.1 Å². The van der Waals surface area contributed by atoms with Crippen LogP contribution in [0.1, 0.15) is 18.1 Å². The van der Waals surface area contributed by atoms with Crippen molar-refractivity contribution < 1.29 is 0 Å². The van der Waals surface area contributed by atoms with Crippen molar-refractivity contribution in [3.63, 3.8) is 0 Å². The molecular weight excluding hydrogens is 228 g/mol. The first kappa shape index (κ1) is 12.2. The van der Waals surface area contributed by atoms with Gasteiger partial charge in [0.1, 0.15) is 5.82 Å². The van der Waals surface area contributed by atoms with Crippen molar-refractivity contribution in [3.8, 4) is 0 Å². The molecule has 0 saturated heterocycles. The lowest BCUT2D eigenvalue weighted by Gasteiger charge is -2.10. The SMILES string of the molecule is CCc1c(Nc2ccc(C)cc2)nc(N)[nH]c1=O. The molecule has 1 heterocycles. The highest BCUT2D eigenvalue weighted by Crippen LogP contribution is 2.17. The molecule has 0 radical (unpaired) electrons. The van der Waals surface area contributed by atoms with Gasteiger partial charge in [0.2, 0.25) is 5.95 Å². The molecule has 18 heavy (non-hydrogen) atoms. The summed E-state index contributed by atoms with van der Waals surface area (Å²) in [6, 6.07) is 7.86. The van der Waals surface area contributed by atoms with Crippen LogP contribution in [0.3, 0.4) is 0 Å². The minimum absolute atomic E-state index is 0.117. The van der Waals surface area contributed by atoms with E-state index in [4.69, 9.17) is 5.73 Å². The first-order valence-electron chi connectivity index (χ1n) is 5.82. The third-order valence-electron chi connectivity index (χ3n) is 2.70. The van der Waals surface area contributed by atoms with E-state index in [1.54, 1.807) is 0 Å². The molecule has 4 N–H and O–H groups in total. The number of nitrogens with two attached hydrogens (primary N) is 1. The van der Waals surface area contributed by atoms with Crippen LogP contribution in [-0.2, 0) is 6.42 Å². The predicted molar refractivity (Wildman–Crippen MR) is 73.1 cm³/mol. The van der Waals surface area contributed by atoms with Gasteiger partial charge in [0.05, 0.1) is 5.56 Å². The van der Waals surface area contributed by atoms with Crippen LogP contribution in [0.5, 0.6) is 0 Å². The first-order valence-corrected chi connectivity index (χ1v) is 5.82. The summed E-state index contributed by atoms with van der Waals surface area (Å²) in [4.78, 5) is 18.4. The fourth-order valence-electron chi connectivity index (χ4n) is 1.72. The van der Waals surface area contributed by atoms with E-state index >= 15 is 0 Å². The highest BCUT2D eigenvalue weighted by molar-refractivity contribution is 5.60. The second-order valence-electron chi connectivity index (χ2n) is 4.12. The Labute approximate surface area is 105 Å². The lowest BCUT2D eigenvalue weighted by Crippen LogP contribution is -2.18. The predicted octanol–water partition coefficient (Wildman–Crippen LogP) is 1.97. The van der Waals surface area contributed by atoms with Crippen molar-refractivity contribution in [3.05, 3.63) is 45.7 Å². The molecule has 0 fully saturated rings. The van der Waals surface area contributed by atoms with Crippen LogP contribution in [0, 0.1) is 6.92 Å². The normalized spacial score (nSPS) is 10.3. The van der Waals surface area contributed by atoms with Crippen LogP contribution >= 0.6 is 0 Å². The maximum atomic E-state index is 11.7. The number of benzene rings is 1. The van der Waals surface area contributed by atoms with Gasteiger partial charge in [0.15, 0.2) is 0 Å². The van der Waals surface area contributed by atoms with Crippen molar-refractivity contribution in [2.45, 2.75) is 20.3 Å². The Morgan fingerprint density at radius 3 is 2.61 bits per heavy atom. The van der Waals surface area contributed by atoms with Gasteiger partial charge in [-0.3, -0.25) is 9.78 Å². The van der Waals surface area contributed by atoms with Gasteiger partial charge in [-0.1, -0.05) is 24.6 Å². The Hall–Kier alpha value is -2.30. The molecule has 0 aliphatic rings. The summed E-state index contributed by atoms with van der Waals surface area (Å²) in [7, 11) is 0. The van der Waals surface area contributed by atoms with Crippen molar-refractivity contribution in [2.75, 3.05) is 11.1 Å². The van der Waals surface area contributed by atoms with E-state index in [9.17, 15) is 4.79 Å². The molecule has 1 aromatic carbocycles. The zero-order chi connectivity index (χ0) is 13.1. The Morgan fingerprint density at radius 1 is 1.33 bits per heavy atom. The third kappa shape index (κ3) is 2.51. The number of anilines is 3. The molecular formula is C13H16N4O. The van der Waals surface area contributed by atoms with E-state index in [2.05, 4.69) is 15.3 Å². The summed E-state index contributed by atoms with van der Waals surface area (Å²) < 4.78 is 0. The molecule has 94 valence electrons. The number of hydrogen-bond acceptors (Lipinski definition) is 4. The number of rotatable bonds is 3. The van der Waals surface area contributed by atoms with Crippen LogP contribution in [0.2, 0.25) is 0 Å². The van der Waals surface area contributed by atoms with Gasteiger partial charge in [-0.15, -0.1) is 0 Å². The van der Waals surface area contributed by atoms with E-state index in [1.165, 1.54) is 5.56 Å². The van der Waals surface area contributed by atoms with Gasteiger partial charge >= 0.3 is 0 Å². The average molecular weight is 244 g/mol. The molecule has 5 heteroatoms. The summed E-state index contributed by atoms with van der Waals surface area (Å²) in [5, 5.41) is 3.12. The standard InChI is InChI=1S/C13H16N4O/c1-3-10-11(16-13(14)17-12(10)18)15-9-6-4-8(2)5-7-9/h4-7H,3H2,1-2H3,(H4,14,15,16,17,18). The lowest BCUT2D eigenvalue weighted by atomic mass is 10.2. The second kappa shape index (κ2) is 4.91. The summed E-state index contributed by atoms with van der Waals surface area (Å²) in [6.45, 7) is 3.92. The van der Waals surface area contributed by atoms with Crippen LogP contribution in [0.15, 0.2) is 29.1 Å². The topological polar surface area (TPSA) is 83.8 Å². The molecule has 0 atom stereocenters. The number of hydrogen-bond donors (Lipinski definition) is 3. The quantitative estimate of drug-likeness (QED) is 0.770. The number of aromatic amines is 1. The monoisotopic (exact) mass is 244 g/mol. The maximum Gasteiger partial charge on any atom is 0.257 e. The van der Waals surface area contributed by atoms with E-state index in [-0.39, 0.29) is 11.5 Å². The number of nitrogens with one attached hydrogen (secondary N) is 2.